The van der Waals surface area contributed by atoms with E-state index in [9.17, 15) is 9.59 Å². The van der Waals surface area contributed by atoms with Gasteiger partial charge >= 0.3 is 0 Å². The molecule has 0 spiro atoms. The van der Waals surface area contributed by atoms with Gasteiger partial charge in [-0.05, 0) is 31.9 Å². The Balaban J connectivity index is 1.89. The molecule has 2 amide bonds. The van der Waals surface area contributed by atoms with Crippen molar-refractivity contribution < 1.29 is 9.59 Å². The largest absolute Gasteiger partial charge is 0.365 e. The summed E-state index contributed by atoms with van der Waals surface area (Å²) in [5.41, 5.74) is 6.80. The van der Waals surface area contributed by atoms with Crippen LogP contribution < -0.4 is 5.73 Å². The molecule has 1 atom stereocenters. The van der Waals surface area contributed by atoms with Crippen molar-refractivity contribution in [3.63, 3.8) is 0 Å². The lowest BCUT2D eigenvalue weighted by molar-refractivity contribution is 0.0729. The molecular weight excluding hydrogens is 292 g/mol. The molecule has 6 heteroatoms. The number of nitrogens with zero attached hydrogens (tertiary/aromatic N) is 3. The summed E-state index contributed by atoms with van der Waals surface area (Å²) in [4.78, 5) is 34.4. The first-order chi connectivity index (χ1) is 11.1. The molecule has 1 aromatic carbocycles. The van der Waals surface area contributed by atoms with E-state index in [4.69, 9.17) is 5.73 Å². The Labute approximate surface area is 134 Å². The van der Waals surface area contributed by atoms with E-state index in [1.54, 1.807) is 24.0 Å². The van der Waals surface area contributed by atoms with Crippen molar-refractivity contribution >= 4 is 11.8 Å². The highest BCUT2D eigenvalue weighted by molar-refractivity contribution is 5.95. The first-order valence-corrected chi connectivity index (χ1v) is 7.57. The number of hydrogen-bond acceptors (Lipinski definition) is 4. The summed E-state index contributed by atoms with van der Waals surface area (Å²) >= 11 is 0. The number of rotatable bonds is 3. The summed E-state index contributed by atoms with van der Waals surface area (Å²) < 4.78 is 0. The van der Waals surface area contributed by atoms with Gasteiger partial charge in [0.1, 0.15) is 0 Å². The molecule has 2 aromatic rings. The van der Waals surface area contributed by atoms with Crippen molar-refractivity contribution in [3.05, 3.63) is 59.2 Å². The minimum atomic E-state index is -0.544. The van der Waals surface area contributed by atoms with Gasteiger partial charge in [0.25, 0.3) is 11.8 Å². The third-order valence-corrected chi connectivity index (χ3v) is 4.10. The van der Waals surface area contributed by atoms with Crippen LogP contribution in [0.1, 0.15) is 51.1 Å². The van der Waals surface area contributed by atoms with E-state index < -0.39 is 5.91 Å². The minimum absolute atomic E-state index is 0.0201. The van der Waals surface area contributed by atoms with Crippen LogP contribution in [0.4, 0.5) is 0 Å². The zero-order valence-corrected chi connectivity index (χ0v) is 12.9. The van der Waals surface area contributed by atoms with Crippen molar-refractivity contribution in [1.29, 1.82) is 0 Å². The Hall–Kier alpha value is -2.76. The molecule has 1 aromatic heterocycles. The van der Waals surface area contributed by atoms with Gasteiger partial charge in [-0.3, -0.25) is 9.59 Å². The molecule has 2 heterocycles. The topological polar surface area (TPSA) is 89.2 Å². The third-order valence-electron chi connectivity index (χ3n) is 4.10. The van der Waals surface area contributed by atoms with Crippen LogP contribution in [-0.4, -0.2) is 33.2 Å². The number of aromatic nitrogens is 2. The van der Waals surface area contributed by atoms with Gasteiger partial charge in [0, 0.05) is 18.3 Å². The number of nitrogens with two attached hydrogens (primary N) is 1. The molecule has 3 rings (SSSR count). The molecular formula is C17H18N4O2. The quantitative estimate of drug-likeness (QED) is 0.937. The van der Waals surface area contributed by atoms with Gasteiger partial charge < -0.3 is 10.6 Å². The van der Waals surface area contributed by atoms with Crippen LogP contribution in [0, 0.1) is 6.92 Å². The molecule has 0 radical (unpaired) electrons. The van der Waals surface area contributed by atoms with E-state index in [0.717, 1.165) is 12.8 Å². The maximum atomic E-state index is 12.7. The first kappa shape index (κ1) is 15.1. The van der Waals surface area contributed by atoms with Crippen LogP contribution in [-0.2, 0) is 0 Å². The van der Waals surface area contributed by atoms with Crippen LogP contribution in [0.3, 0.4) is 0 Å². The molecule has 0 bridgehead atoms. The summed E-state index contributed by atoms with van der Waals surface area (Å²) in [6.07, 6.45) is 3.17. The molecule has 1 fully saturated rings. The van der Waals surface area contributed by atoms with Gasteiger partial charge in [-0.1, -0.05) is 18.2 Å². The molecule has 1 aliphatic heterocycles. The number of hydrogen-bond donors (Lipinski definition) is 1. The summed E-state index contributed by atoms with van der Waals surface area (Å²) in [7, 11) is 0. The Morgan fingerprint density at radius 3 is 2.65 bits per heavy atom. The molecule has 0 aliphatic carbocycles. The standard InChI is InChI=1S/C17H18N4O2/c1-11-13(15(18)22)10-19-16(20-11)14-8-5-9-21(14)17(23)12-6-3-2-4-7-12/h2-4,6-7,10,14H,5,8-9H2,1H3,(H2,18,22)/t14-/m0/s1. The average molecular weight is 310 g/mol. The lowest BCUT2D eigenvalue weighted by Gasteiger charge is -2.24. The molecule has 23 heavy (non-hydrogen) atoms. The highest BCUT2D eigenvalue weighted by atomic mass is 16.2. The van der Waals surface area contributed by atoms with E-state index in [1.165, 1.54) is 6.20 Å². The lowest BCUT2D eigenvalue weighted by atomic mass is 10.1. The zero-order chi connectivity index (χ0) is 16.4. The SMILES string of the molecule is Cc1nc([C@@H]2CCCN2C(=O)c2ccccc2)ncc1C(N)=O. The van der Waals surface area contributed by atoms with Gasteiger partial charge in [0.15, 0.2) is 5.82 Å². The Morgan fingerprint density at radius 1 is 1.26 bits per heavy atom. The molecule has 6 nitrogen and oxygen atoms in total. The summed E-state index contributed by atoms with van der Waals surface area (Å²) in [5.74, 6) is 0.000280. The number of likely N-dealkylation sites (tertiary alicyclic amines) is 1. The van der Waals surface area contributed by atoms with Gasteiger partial charge in [0.05, 0.1) is 17.3 Å². The van der Waals surface area contributed by atoms with Crippen molar-refractivity contribution in [1.82, 2.24) is 14.9 Å². The Bertz CT molecular complexity index is 746. The Morgan fingerprint density at radius 2 is 2.00 bits per heavy atom. The van der Waals surface area contributed by atoms with Crippen LogP contribution in [0.5, 0.6) is 0 Å². The predicted molar refractivity (Wildman–Crippen MR) is 84.7 cm³/mol. The van der Waals surface area contributed by atoms with Gasteiger partial charge in [0.2, 0.25) is 0 Å². The average Bonchev–Trinajstić information content (AvgIpc) is 3.04. The summed E-state index contributed by atoms with van der Waals surface area (Å²) in [5, 5.41) is 0. The van der Waals surface area contributed by atoms with Crippen molar-refractivity contribution in [2.45, 2.75) is 25.8 Å². The highest BCUT2D eigenvalue weighted by Crippen LogP contribution is 2.31. The number of benzene rings is 1. The lowest BCUT2D eigenvalue weighted by Crippen LogP contribution is -2.31. The highest BCUT2D eigenvalue weighted by Gasteiger charge is 2.32. The van der Waals surface area contributed by atoms with E-state index in [0.29, 0.717) is 29.2 Å². The maximum Gasteiger partial charge on any atom is 0.254 e. The first-order valence-electron chi connectivity index (χ1n) is 7.57. The zero-order valence-electron chi connectivity index (χ0n) is 12.9. The van der Waals surface area contributed by atoms with E-state index >= 15 is 0 Å². The number of aryl methyl sites for hydroxylation is 1. The predicted octanol–water partition coefficient (Wildman–Crippen LogP) is 1.86. The van der Waals surface area contributed by atoms with Crippen LogP contribution in [0.15, 0.2) is 36.5 Å². The monoisotopic (exact) mass is 310 g/mol. The second-order valence-electron chi connectivity index (χ2n) is 5.61. The van der Waals surface area contributed by atoms with Gasteiger partial charge in [-0.15, -0.1) is 0 Å². The van der Waals surface area contributed by atoms with Crippen molar-refractivity contribution in [2.24, 2.45) is 5.73 Å². The van der Waals surface area contributed by atoms with E-state index in [2.05, 4.69) is 9.97 Å². The van der Waals surface area contributed by atoms with Crippen LogP contribution in [0.25, 0.3) is 0 Å². The second kappa shape index (κ2) is 6.16. The molecule has 0 unspecified atom stereocenters. The third kappa shape index (κ3) is 2.92. The number of primary amides is 1. The molecule has 2 N–H and O–H groups in total. The summed E-state index contributed by atoms with van der Waals surface area (Å²) in [6, 6.07) is 9.03. The van der Waals surface area contributed by atoms with Gasteiger partial charge in [-0.2, -0.15) is 0 Å². The van der Waals surface area contributed by atoms with Crippen molar-refractivity contribution in [2.75, 3.05) is 6.54 Å². The number of carbonyl (C=O) groups is 2. The summed E-state index contributed by atoms with van der Waals surface area (Å²) in [6.45, 7) is 2.40. The fourth-order valence-corrected chi connectivity index (χ4v) is 2.91. The van der Waals surface area contributed by atoms with E-state index in [1.807, 2.05) is 18.2 Å². The fourth-order valence-electron chi connectivity index (χ4n) is 2.91. The molecule has 0 saturated carbocycles. The molecule has 1 saturated heterocycles. The molecule has 1 aliphatic rings. The molecule has 118 valence electrons. The van der Waals surface area contributed by atoms with Crippen molar-refractivity contribution in [3.8, 4) is 0 Å². The van der Waals surface area contributed by atoms with Crippen LogP contribution >= 0.6 is 0 Å². The minimum Gasteiger partial charge on any atom is -0.365 e. The Kier molecular flexibility index (Phi) is 4.06. The number of carbonyl (C=O) groups excluding carboxylic acids is 2. The second-order valence-corrected chi connectivity index (χ2v) is 5.61. The smallest absolute Gasteiger partial charge is 0.254 e. The number of amides is 2. The fraction of sp³-hybridized carbons (Fsp3) is 0.294. The van der Waals surface area contributed by atoms with Crippen LogP contribution in [0.2, 0.25) is 0 Å². The normalized spacial score (nSPS) is 17.3. The van der Waals surface area contributed by atoms with E-state index in [-0.39, 0.29) is 11.9 Å². The van der Waals surface area contributed by atoms with Gasteiger partial charge in [-0.25, -0.2) is 9.97 Å². The maximum absolute atomic E-state index is 12.7.